The molecule has 0 atom stereocenters. The standard InChI is InChI=1S/C23H18N4O2/c1-3-25-18-11-16-17(12-19(18)26(4-2)23(25)29)27-21(24-16)14-9-5-7-13-8-6-10-15(20(13)14)22(27)28/h5-12H,3-4H2,1-2H3. The van der Waals surface area contributed by atoms with Crippen molar-refractivity contribution in [1.29, 1.82) is 0 Å². The van der Waals surface area contributed by atoms with Gasteiger partial charge in [0.15, 0.2) is 0 Å². The summed E-state index contributed by atoms with van der Waals surface area (Å²) in [6.45, 7) is 5.08. The van der Waals surface area contributed by atoms with E-state index in [1.54, 1.807) is 13.5 Å². The number of aryl methyl sites for hydroxylation is 2. The van der Waals surface area contributed by atoms with Gasteiger partial charge in [-0.25, -0.2) is 9.78 Å². The molecule has 6 rings (SSSR count). The number of rotatable bonds is 2. The van der Waals surface area contributed by atoms with Crippen molar-refractivity contribution in [1.82, 2.24) is 18.5 Å². The maximum Gasteiger partial charge on any atom is 0.329 e. The third kappa shape index (κ3) is 1.88. The molecule has 3 heterocycles. The number of benzene rings is 3. The van der Waals surface area contributed by atoms with Crippen LogP contribution in [-0.4, -0.2) is 18.5 Å². The lowest BCUT2D eigenvalue weighted by atomic mass is 10.0. The Hall–Kier alpha value is -3.67. The highest BCUT2D eigenvalue weighted by Gasteiger charge is 2.19. The molecule has 6 nitrogen and oxygen atoms in total. The number of hydrogen-bond donors (Lipinski definition) is 0. The molecule has 0 bridgehead atoms. The average Bonchev–Trinajstić information content (AvgIpc) is 3.24. The van der Waals surface area contributed by atoms with Crippen LogP contribution in [0.4, 0.5) is 0 Å². The Balaban J connectivity index is 1.91. The first-order chi connectivity index (χ1) is 14.1. The van der Waals surface area contributed by atoms with Gasteiger partial charge in [0.25, 0.3) is 5.56 Å². The highest BCUT2D eigenvalue weighted by molar-refractivity contribution is 6.15. The molecule has 142 valence electrons. The van der Waals surface area contributed by atoms with E-state index >= 15 is 0 Å². The molecule has 0 unspecified atom stereocenters. The first kappa shape index (κ1) is 16.3. The molecule has 3 aromatic heterocycles. The highest BCUT2D eigenvalue weighted by atomic mass is 16.1. The summed E-state index contributed by atoms with van der Waals surface area (Å²) in [4.78, 5) is 31.0. The van der Waals surface area contributed by atoms with Gasteiger partial charge in [-0.3, -0.25) is 18.3 Å². The van der Waals surface area contributed by atoms with Gasteiger partial charge in [0.2, 0.25) is 0 Å². The summed E-state index contributed by atoms with van der Waals surface area (Å²) in [5.41, 5.74) is 3.70. The minimum atomic E-state index is -0.0773. The Labute approximate surface area is 164 Å². The van der Waals surface area contributed by atoms with Gasteiger partial charge in [-0.1, -0.05) is 30.3 Å². The van der Waals surface area contributed by atoms with Crippen molar-refractivity contribution < 1.29 is 0 Å². The lowest BCUT2D eigenvalue weighted by molar-refractivity contribution is 0.671. The zero-order chi connectivity index (χ0) is 19.9. The summed E-state index contributed by atoms with van der Waals surface area (Å²) in [6, 6.07) is 15.7. The fraction of sp³-hybridized carbons (Fsp3) is 0.174. The first-order valence-electron chi connectivity index (χ1n) is 9.86. The monoisotopic (exact) mass is 382 g/mol. The molecule has 0 aliphatic heterocycles. The molecule has 0 spiro atoms. The lowest BCUT2D eigenvalue weighted by Gasteiger charge is -2.06. The summed E-state index contributed by atoms with van der Waals surface area (Å²) in [5.74, 6) is 0. The van der Waals surface area contributed by atoms with Crippen LogP contribution < -0.4 is 11.2 Å². The van der Waals surface area contributed by atoms with Gasteiger partial charge in [0.05, 0.1) is 22.1 Å². The molecule has 0 radical (unpaired) electrons. The molecular weight excluding hydrogens is 364 g/mol. The normalized spacial score (nSPS) is 12.3. The maximum absolute atomic E-state index is 13.4. The molecule has 0 fully saturated rings. The third-order valence-electron chi connectivity index (χ3n) is 6.01. The van der Waals surface area contributed by atoms with E-state index in [2.05, 4.69) is 0 Å². The second-order valence-electron chi connectivity index (χ2n) is 7.39. The second kappa shape index (κ2) is 5.44. The van der Waals surface area contributed by atoms with Gasteiger partial charge in [0, 0.05) is 29.2 Å². The Kier molecular flexibility index (Phi) is 3.06. The van der Waals surface area contributed by atoms with Crippen molar-refractivity contribution in [3.05, 3.63) is 69.4 Å². The van der Waals surface area contributed by atoms with Gasteiger partial charge in [-0.2, -0.15) is 0 Å². The number of pyridine rings is 1. The average molecular weight is 382 g/mol. The maximum atomic E-state index is 13.4. The van der Waals surface area contributed by atoms with Crippen LogP contribution in [0.15, 0.2) is 58.1 Å². The van der Waals surface area contributed by atoms with Crippen LogP contribution in [0.1, 0.15) is 13.8 Å². The number of imidazole rings is 2. The number of aromatic nitrogens is 4. The predicted octanol–water partition coefficient (Wildman–Crippen LogP) is 3.75. The largest absolute Gasteiger partial charge is 0.329 e. The topological polar surface area (TPSA) is 61.3 Å². The van der Waals surface area contributed by atoms with E-state index in [-0.39, 0.29) is 11.2 Å². The van der Waals surface area contributed by atoms with E-state index in [1.807, 2.05) is 62.4 Å². The summed E-state index contributed by atoms with van der Waals surface area (Å²) in [6.07, 6.45) is 0. The van der Waals surface area contributed by atoms with Gasteiger partial charge < -0.3 is 0 Å². The quantitative estimate of drug-likeness (QED) is 0.458. The molecule has 6 heteroatoms. The van der Waals surface area contributed by atoms with Crippen LogP contribution in [0, 0.1) is 0 Å². The minimum Gasteiger partial charge on any atom is -0.292 e. The van der Waals surface area contributed by atoms with Crippen molar-refractivity contribution in [2.45, 2.75) is 26.9 Å². The van der Waals surface area contributed by atoms with Gasteiger partial charge in [0.1, 0.15) is 5.65 Å². The third-order valence-corrected chi connectivity index (χ3v) is 6.01. The first-order valence-corrected chi connectivity index (χ1v) is 9.86. The van der Waals surface area contributed by atoms with Crippen molar-refractivity contribution in [2.24, 2.45) is 0 Å². The van der Waals surface area contributed by atoms with Crippen molar-refractivity contribution in [3.8, 4) is 0 Å². The molecule has 0 aliphatic carbocycles. The Morgan fingerprint density at radius 3 is 2.17 bits per heavy atom. The van der Waals surface area contributed by atoms with Crippen LogP contribution in [0.25, 0.3) is 49.3 Å². The van der Waals surface area contributed by atoms with E-state index in [1.165, 1.54) is 0 Å². The Bertz CT molecular complexity index is 1710. The SMILES string of the molecule is CCn1c(=O)n(CC)c2cc3c(cc21)nc1c2cccc4cccc(c(=O)n31)c42. The molecule has 0 saturated heterocycles. The van der Waals surface area contributed by atoms with E-state index in [0.717, 1.165) is 38.2 Å². The molecule has 0 saturated carbocycles. The van der Waals surface area contributed by atoms with Crippen LogP contribution in [-0.2, 0) is 13.1 Å². The Morgan fingerprint density at radius 2 is 1.48 bits per heavy atom. The molecule has 0 N–H and O–H groups in total. The predicted molar refractivity (Wildman–Crippen MR) is 116 cm³/mol. The molecule has 6 aromatic rings. The van der Waals surface area contributed by atoms with Crippen LogP contribution >= 0.6 is 0 Å². The van der Waals surface area contributed by atoms with E-state index in [0.29, 0.717) is 24.1 Å². The van der Waals surface area contributed by atoms with Crippen LogP contribution in [0.2, 0.25) is 0 Å². The van der Waals surface area contributed by atoms with E-state index in [9.17, 15) is 9.59 Å². The molecule has 0 aliphatic rings. The number of hydrogen-bond acceptors (Lipinski definition) is 3. The second-order valence-corrected chi connectivity index (χ2v) is 7.39. The molecule has 0 amide bonds. The minimum absolute atomic E-state index is 0.0297. The molecule has 3 aromatic carbocycles. The van der Waals surface area contributed by atoms with Gasteiger partial charge >= 0.3 is 5.69 Å². The summed E-state index contributed by atoms with van der Waals surface area (Å²) in [5, 5.41) is 3.64. The van der Waals surface area contributed by atoms with Gasteiger partial charge in [-0.05, 0) is 37.4 Å². The summed E-state index contributed by atoms with van der Waals surface area (Å²) < 4.78 is 5.20. The zero-order valence-corrected chi connectivity index (χ0v) is 16.1. The highest BCUT2D eigenvalue weighted by Crippen LogP contribution is 2.30. The van der Waals surface area contributed by atoms with Crippen LogP contribution in [0.5, 0.6) is 0 Å². The van der Waals surface area contributed by atoms with Crippen molar-refractivity contribution >= 4 is 49.3 Å². The van der Waals surface area contributed by atoms with E-state index < -0.39 is 0 Å². The van der Waals surface area contributed by atoms with Gasteiger partial charge in [-0.15, -0.1) is 0 Å². The van der Waals surface area contributed by atoms with Crippen molar-refractivity contribution in [2.75, 3.05) is 0 Å². The lowest BCUT2D eigenvalue weighted by Crippen LogP contribution is -2.23. The number of nitrogens with zero attached hydrogens (tertiary/aromatic N) is 4. The summed E-state index contributed by atoms with van der Waals surface area (Å²) >= 11 is 0. The number of fused-ring (bicyclic) bond motifs is 5. The molecule has 29 heavy (non-hydrogen) atoms. The fourth-order valence-corrected chi connectivity index (χ4v) is 4.71. The fourth-order valence-electron chi connectivity index (χ4n) is 4.71. The summed E-state index contributed by atoms with van der Waals surface area (Å²) in [7, 11) is 0. The van der Waals surface area contributed by atoms with E-state index in [4.69, 9.17) is 4.98 Å². The van der Waals surface area contributed by atoms with Crippen molar-refractivity contribution in [3.63, 3.8) is 0 Å². The smallest absolute Gasteiger partial charge is 0.292 e. The zero-order valence-electron chi connectivity index (χ0n) is 16.1. The molecular formula is C23H18N4O2. The van der Waals surface area contributed by atoms with Crippen LogP contribution in [0.3, 0.4) is 0 Å². The Morgan fingerprint density at radius 1 is 0.828 bits per heavy atom.